The molecule has 1 saturated heterocycles. The van der Waals surface area contributed by atoms with E-state index in [1.54, 1.807) is 17.7 Å². The number of rotatable bonds is 4. The topological polar surface area (TPSA) is 122 Å². The smallest absolute Gasteiger partial charge is 0.268 e. The van der Waals surface area contributed by atoms with Gasteiger partial charge < -0.3 is 21.1 Å². The third-order valence-electron chi connectivity index (χ3n) is 6.36. The van der Waals surface area contributed by atoms with Crippen molar-refractivity contribution in [3.8, 4) is 17.1 Å². The van der Waals surface area contributed by atoms with Gasteiger partial charge in [-0.1, -0.05) is 6.92 Å². The highest BCUT2D eigenvalue weighted by atomic mass is 16.3. The van der Waals surface area contributed by atoms with Crippen molar-refractivity contribution in [2.75, 3.05) is 31.1 Å². The minimum Gasteiger partial charge on any atom is -0.507 e. The SMILES string of the molecule is CCc1c(N2CCNCC2)ccc2nc(-c3cc4cn(C)nc4c(C)c3O)nc(C(N)=O)c12. The van der Waals surface area contributed by atoms with E-state index in [9.17, 15) is 9.90 Å². The molecule has 5 rings (SSSR count). The number of benzene rings is 2. The van der Waals surface area contributed by atoms with Gasteiger partial charge in [-0.05, 0) is 37.1 Å². The molecule has 0 aliphatic carbocycles. The molecule has 4 N–H and O–H groups in total. The van der Waals surface area contributed by atoms with Gasteiger partial charge >= 0.3 is 0 Å². The normalized spacial score (nSPS) is 14.3. The van der Waals surface area contributed by atoms with Crippen molar-refractivity contribution in [1.82, 2.24) is 25.1 Å². The Kier molecular flexibility index (Phi) is 5.13. The molecule has 0 saturated carbocycles. The Balaban J connectivity index is 1.76. The number of phenolic OH excluding ortho intramolecular Hbond substituents is 1. The van der Waals surface area contributed by atoms with Crippen LogP contribution in [0.3, 0.4) is 0 Å². The molecule has 3 heterocycles. The minimum absolute atomic E-state index is 0.0455. The molecule has 1 fully saturated rings. The lowest BCUT2D eigenvalue weighted by atomic mass is 9.99. The zero-order valence-electron chi connectivity index (χ0n) is 19.0. The van der Waals surface area contributed by atoms with Crippen molar-refractivity contribution < 1.29 is 9.90 Å². The standard InChI is InChI=1S/C24H27N7O2/c1-4-15-18(31-9-7-26-8-10-31)6-5-17-19(15)21(23(25)33)28-24(27-17)16-11-14-12-30(3)29-20(14)13(2)22(16)32/h5-6,11-12,26,32H,4,7-10H2,1-3H3,(H2,25,33). The molecule has 0 atom stereocenters. The quantitative estimate of drug-likeness (QED) is 0.440. The first kappa shape index (κ1) is 21.1. The molecule has 33 heavy (non-hydrogen) atoms. The second-order valence-corrected chi connectivity index (χ2v) is 8.45. The molecule has 2 aromatic carbocycles. The molecule has 1 amide bonds. The fourth-order valence-electron chi connectivity index (χ4n) is 4.75. The van der Waals surface area contributed by atoms with Gasteiger partial charge in [0.1, 0.15) is 11.4 Å². The number of amides is 1. The number of fused-ring (bicyclic) bond motifs is 2. The monoisotopic (exact) mass is 445 g/mol. The van der Waals surface area contributed by atoms with Gasteiger partial charge in [0.05, 0.1) is 16.6 Å². The van der Waals surface area contributed by atoms with Gasteiger partial charge in [0.15, 0.2) is 5.82 Å². The van der Waals surface area contributed by atoms with E-state index in [1.807, 2.05) is 19.3 Å². The zero-order chi connectivity index (χ0) is 23.3. The summed E-state index contributed by atoms with van der Waals surface area (Å²) < 4.78 is 1.70. The molecule has 0 bridgehead atoms. The van der Waals surface area contributed by atoms with Crippen LogP contribution in [0.25, 0.3) is 33.2 Å². The average Bonchev–Trinajstić information content (AvgIpc) is 3.20. The number of nitrogens with zero attached hydrogens (tertiary/aromatic N) is 5. The zero-order valence-corrected chi connectivity index (χ0v) is 19.0. The highest BCUT2D eigenvalue weighted by molar-refractivity contribution is 6.07. The van der Waals surface area contributed by atoms with E-state index in [4.69, 9.17) is 10.7 Å². The predicted octanol–water partition coefficient (Wildman–Crippen LogP) is 2.27. The summed E-state index contributed by atoms with van der Waals surface area (Å²) in [5, 5.41) is 20.2. The highest BCUT2D eigenvalue weighted by Crippen LogP contribution is 2.37. The van der Waals surface area contributed by atoms with Crippen LogP contribution in [0.2, 0.25) is 0 Å². The number of aryl methyl sites for hydroxylation is 3. The van der Waals surface area contributed by atoms with Crippen molar-refractivity contribution in [3.63, 3.8) is 0 Å². The summed E-state index contributed by atoms with van der Waals surface area (Å²) in [4.78, 5) is 24.2. The maximum atomic E-state index is 12.6. The number of carbonyl (C=O) groups excluding carboxylic acids is 1. The van der Waals surface area contributed by atoms with Crippen LogP contribution in [0.1, 0.15) is 28.5 Å². The lowest BCUT2D eigenvalue weighted by Gasteiger charge is -2.31. The average molecular weight is 446 g/mol. The van der Waals surface area contributed by atoms with Crippen molar-refractivity contribution >= 4 is 33.4 Å². The van der Waals surface area contributed by atoms with E-state index in [-0.39, 0.29) is 17.3 Å². The van der Waals surface area contributed by atoms with E-state index in [0.29, 0.717) is 34.0 Å². The Hall–Kier alpha value is -3.72. The first-order chi connectivity index (χ1) is 15.9. The van der Waals surface area contributed by atoms with E-state index in [2.05, 4.69) is 33.3 Å². The van der Waals surface area contributed by atoms with Gasteiger partial charge in [-0.3, -0.25) is 9.48 Å². The fraction of sp³-hybridized carbons (Fsp3) is 0.333. The van der Waals surface area contributed by atoms with E-state index in [1.165, 1.54) is 0 Å². The number of nitrogens with one attached hydrogen (secondary N) is 1. The number of aromatic nitrogens is 4. The molecule has 2 aromatic heterocycles. The number of aromatic hydroxyl groups is 1. The van der Waals surface area contributed by atoms with E-state index < -0.39 is 5.91 Å². The summed E-state index contributed by atoms with van der Waals surface area (Å²) in [7, 11) is 1.83. The first-order valence-electron chi connectivity index (χ1n) is 11.1. The number of carbonyl (C=O) groups is 1. The van der Waals surface area contributed by atoms with Gasteiger partial charge in [-0.2, -0.15) is 5.10 Å². The van der Waals surface area contributed by atoms with Crippen molar-refractivity contribution in [2.45, 2.75) is 20.3 Å². The Morgan fingerprint density at radius 3 is 2.70 bits per heavy atom. The van der Waals surface area contributed by atoms with Crippen LogP contribution in [-0.4, -0.2) is 56.9 Å². The summed E-state index contributed by atoms with van der Waals surface area (Å²) in [6.07, 6.45) is 2.59. The van der Waals surface area contributed by atoms with Crippen LogP contribution >= 0.6 is 0 Å². The molecule has 0 radical (unpaired) electrons. The van der Waals surface area contributed by atoms with E-state index in [0.717, 1.165) is 42.8 Å². The van der Waals surface area contributed by atoms with Crippen LogP contribution in [-0.2, 0) is 13.5 Å². The molecule has 4 aromatic rings. The second kappa shape index (κ2) is 8.00. The summed E-state index contributed by atoms with van der Waals surface area (Å²) in [6.45, 7) is 7.47. The third kappa shape index (κ3) is 3.45. The number of anilines is 1. The Bertz CT molecular complexity index is 1400. The van der Waals surface area contributed by atoms with Gasteiger partial charge in [0, 0.05) is 61.4 Å². The number of phenols is 1. The summed E-state index contributed by atoms with van der Waals surface area (Å²) in [5.41, 5.74) is 10.5. The minimum atomic E-state index is -0.616. The third-order valence-corrected chi connectivity index (χ3v) is 6.36. The largest absolute Gasteiger partial charge is 0.507 e. The maximum absolute atomic E-state index is 12.6. The molecule has 0 unspecified atom stereocenters. The second-order valence-electron chi connectivity index (χ2n) is 8.45. The van der Waals surface area contributed by atoms with Gasteiger partial charge in [0.25, 0.3) is 5.91 Å². The lowest BCUT2D eigenvalue weighted by Crippen LogP contribution is -2.43. The summed E-state index contributed by atoms with van der Waals surface area (Å²) in [6, 6.07) is 5.77. The van der Waals surface area contributed by atoms with E-state index >= 15 is 0 Å². The van der Waals surface area contributed by atoms with Gasteiger partial charge in [0.2, 0.25) is 0 Å². The molecule has 1 aliphatic heterocycles. The predicted molar refractivity (Wildman–Crippen MR) is 129 cm³/mol. The maximum Gasteiger partial charge on any atom is 0.268 e. The number of nitrogens with two attached hydrogens (primary N) is 1. The molecule has 170 valence electrons. The summed E-state index contributed by atoms with van der Waals surface area (Å²) >= 11 is 0. The number of primary amides is 1. The molecular formula is C24H27N7O2. The summed E-state index contributed by atoms with van der Waals surface area (Å²) in [5.74, 6) is -0.307. The van der Waals surface area contributed by atoms with Crippen LogP contribution in [0.5, 0.6) is 5.75 Å². The molecule has 1 aliphatic rings. The highest BCUT2D eigenvalue weighted by Gasteiger charge is 2.23. The van der Waals surface area contributed by atoms with Crippen molar-refractivity contribution in [2.24, 2.45) is 12.8 Å². The van der Waals surface area contributed by atoms with Crippen molar-refractivity contribution in [1.29, 1.82) is 0 Å². The van der Waals surface area contributed by atoms with Crippen molar-refractivity contribution in [3.05, 3.63) is 41.2 Å². The fourth-order valence-corrected chi connectivity index (χ4v) is 4.75. The Morgan fingerprint density at radius 2 is 2.00 bits per heavy atom. The lowest BCUT2D eigenvalue weighted by molar-refractivity contribution is 0.0997. The van der Waals surface area contributed by atoms with Crippen LogP contribution in [0.4, 0.5) is 5.69 Å². The number of hydrogen-bond acceptors (Lipinski definition) is 7. The van der Waals surface area contributed by atoms with Crippen LogP contribution in [0.15, 0.2) is 24.4 Å². The number of hydrogen-bond donors (Lipinski definition) is 3. The van der Waals surface area contributed by atoms with Crippen LogP contribution < -0.4 is 16.0 Å². The first-order valence-corrected chi connectivity index (χ1v) is 11.1. The molecule has 9 heteroatoms. The van der Waals surface area contributed by atoms with Gasteiger partial charge in [-0.15, -0.1) is 0 Å². The Morgan fingerprint density at radius 1 is 1.24 bits per heavy atom. The van der Waals surface area contributed by atoms with Crippen LogP contribution in [0, 0.1) is 6.92 Å². The molecule has 0 spiro atoms. The van der Waals surface area contributed by atoms with Gasteiger partial charge in [-0.25, -0.2) is 9.97 Å². The number of piperazine rings is 1. The Labute approximate surface area is 191 Å². The molecular weight excluding hydrogens is 418 g/mol. The molecule has 9 nitrogen and oxygen atoms in total.